The van der Waals surface area contributed by atoms with Gasteiger partial charge < -0.3 is 0 Å². The van der Waals surface area contributed by atoms with Crippen LogP contribution in [0.1, 0.15) is 24.8 Å². The standard InChI is InChI=1S/C12H15BrFN/c13-11-8-10(4-5-12(11)14)9-15-6-2-1-3-7-15/h4-5,8H,1-3,6-7,9H2. The molecule has 2 rings (SSSR count). The number of piperidine rings is 1. The van der Waals surface area contributed by atoms with E-state index >= 15 is 0 Å². The Morgan fingerprint density at radius 3 is 2.60 bits per heavy atom. The van der Waals surface area contributed by atoms with Gasteiger partial charge in [-0.1, -0.05) is 12.5 Å². The van der Waals surface area contributed by atoms with Crippen LogP contribution in [0.15, 0.2) is 22.7 Å². The highest BCUT2D eigenvalue weighted by molar-refractivity contribution is 9.10. The van der Waals surface area contributed by atoms with E-state index in [1.807, 2.05) is 12.1 Å². The molecule has 1 fully saturated rings. The molecule has 15 heavy (non-hydrogen) atoms. The minimum Gasteiger partial charge on any atom is -0.299 e. The summed E-state index contributed by atoms with van der Waals surface area (Å²) in [7, 11) is 0. The van der Waals surface area contributed by atoms with Crippen LogP contribution in [0.5, 0.6) is 0 Å². The van der Waals surface area contributed by atoms with Crippen LogP contribution in [0.2, 0.25) is 0 Å². The fourth-order valence-electron chi connectivity index (χ4n) is 2.01. The van der Waals surface area contributed by atoms with E-state index in [1.165, 1.54) is 44.0 Å². The summed E-state index contributed by atoms with van der Waals surface area (Å²) in [5.41, 5.74) is 1.19. The molecule has 1 nitrogen and oxygen atoms in total. The van der Waals surface area contributed by atoms with Gasteiger partial charge >= 0.3 is 0 Å². The zero-order valence-electron chi connectivity index (χ0n) is 8.68. The first kappa shape index (κ1) is 11.1. The minimum atomic E-state index is -0.183. The van der Waals surface area contributed by atoms with E-state index < -0.39 is 0 Å². The SMILES string of the molecule is Fc1ccc(CN2CCCCC2)cc1Br. The zero-order valence-corrected chi connectivity index (χ0v) is 10.3. The second-order valence-corrected chi connectivity index (χ2v) is 4.94. The predicted molar refractivity (Wildman–Crippen MR) is 63.2 cm³/mol. The van der Waals surface area contributed by atoms with Crippen LogP contribution in [0.25, 0.3) is 0 Å². The van der Waals surface area contributed by atoms with E-state index in [1.54, 1.807) is 0 Å². The molecule has 3 heteroatoms. The van der Waals surface area contributed by atoms with Crippen LogP contribution >= 0.6 is 15.9 Å². The van der Waals surface area contributed by atoms with Gasteiger partial charge in [0.05, 0.1) is 4.47 Å². The number of likely N-dealkylation sites (tertiary alicyclic amines) is 1. The Morgan fingerprint density at radius 2 is 1.93 bits per heavy atom. The number of nitrogens with zero attached hydrogens (tertiary/aromatic N) is 1. The molecule has 0 radical (unpaired) electrons. The van der Waals surface area contributed by atoms with Crippen LogP contribution in [-0.2, 0) is 6.54 Å². The average Bonchev–Trinajstić information content (AvgIpc) is 2.25. The molecule has 0 saturated carbocycles. The van der Waals surface area contributed by atoms with Crippen molar-refractivity contribution in [2.45, 2.75) is 25.8 Å². The Hall–Kier alpha value is -0.410. The van der Waals surface area contributed by atoms with Gasteiger partial charge in [0.2, 0.25) is 0 Å². The van der Waals surface area contributed by atoms with Crippen molar-refractivity contribution in [1.82, 2.24) is 4.90 Å². The highest BCUT2D eigenvalue weighted by Crippen LogP contribution is 2.19. The summed E-state index contributed by atoms with van der Waals surface area (Å²) in [5, 5.41) is 0. The summed E-state index contributed by atoms with van der Waals surface area (Å²) in [6.45, 7) is 3.29. The number of rotatable bonds is 2. The Balaban J connectivity index is 2.00. The van der Waals surface area contributed by atoms with Crippen molar-refractivity contribution in [2.75, 3.05) is 13.1 Å². The van der Waals surface area contributed by atoms with E-state index in [9.17, 15) is 4.39 Å². The zero-order chi connectivity index (χ0) is 10.7. The molecule has 0 amide bonds. The topological polar surface area (TPSA) is 3.24 Å². The van der Waals surface area contributed by atoms with Crippen molar-refractivity contribution in [3.63, 3.8) is 0 Å². The van der Waals surface area contributed by atoms with Crippen LogP contribution in [0, 0.1) is 5.82 Å². The van der Waals surface area contributed by atoms with E-state index in [0.717, 1.165) is 6.54 Å². The predicted octanol–water partition coefficient (Wildman–Crippen LogP) is 3.57. The van der Waals surface area contributed by atoms with Gasteiger partial charge in [-0.3, -0.25) is 4.90 Å². The smallest absolute Gasteiger partial charge is 0.137 e. The van der Waals surface area contributed by atoms with Crippen LogP contribution < -0.4 is 0 Å². The molecule has 1 heterocycles. The maximum atomic E-state index is 13.0. The highest BCUT2D eigenvalue weighted by Gasteiger charge is 2.10. The molecule has 82 valence electrons. The molecule has 1 saturated heterocycles. The molecule has 0 unspecified atom stereocenters. The Morgan fingerprint density at radius 1 is 1.20 bits per heavy atom. The largest absolute Gasteiger partial charge is 0.299 e. The van der Waals surface area contributed by atoms with Crippen molar-refractivity contribution in [2.24, 2.45) is 0 Å². The molecule has 0 aliphatic carbocycles. The molecule has 1 aliphatic rings. The molecule has 1 aromatic rings. The fourth-order valence-corrected chi connectivity index (χ4v) is 2.44. The van der Waals surface area contributed by atoms with Gasteiger partial charge in [0.1, 0.15) is 5.82 Å². The molecule has 1 aliphatic heterocycles. The van der Waals surface area contributed by atoms with Crippen molar-refractivity contribution in [3.05, 3.63) is 34.1 Å². The Kier molecular flexibility index (Phi) is 3.76. The fraction of sp³-hybridized carbons (Fsp3) is 0.500. The highest BCUT2D eigenvalue weighted by atomic mass is 79.9. The van der Waals surface area contributed by atoms with Gasteiger partial charge in [0.25, 0.3) is 0 Å². The van der Waals surface area contributed by atoms with Crippen molar-refractivity contribution in [1.29, 1.82) is 0 Å². The summed E-state index contributed by atoms with van der Waals surface area (Å²) >= 11 is 3.22. The summed E-state index contributed by atoms with van der Waals surface area (Å²) in [6.07, 6.45) is 3.94. The number of benzene rings is 1. The van der Waals surface area contributed by atoms with Gasteiger partial charge in [-0.05, 0) is 59.6 Å². The Labute approximate surface area is 98.4 Å². The molecular formula is C12H15BrFN. The van der Waals surface area contributed by atoms with Gasteiger partial charge in [-0.2, -0.15) is 0 Å². The third-order valence-corrected chi connectivity index (χ3v) is 3.45. The number of hydrogen-bond donors (Lipinski definition) is 0. The maximum absolute atomic E-state index is 13.0. The second kappa shape index (κ2) is 5.08. The first-order valence-corrected chi connectivity index (χ1v) is 6.21. The summed E-state index contributed by atoms with van der Waals surface area (Å²) in [5.74, 6) is -0.183. The Bertz CT molecular complexity index is 334. The van der Waals surface area contributed by atoms with Crippen LogP contribution in [0.3, 0.4) is 0 Å². The average molecular weight is 272 g/mol. The maximum Gasteiger partial charge on any atom is 0.137 e. The summed E-state index contributed by atoms with van der Waals surface area (Å²) < 4.78 is 13.6. The summed E-state index contributed by atoms with van der Waals surface area (Å²) in [4.78, 5) is 2.43. The van der Waals surface area contributed by atoms with E-state index in [0.29, 0.717) is 4.47 Å². The first-order valence-electron chi connectivity index (χ1n) is 5.42. The summed E-state index contributed by atoms with van der Waals surface area (Å²) in [6, 6.07) is 5.28. The van der Waals surface area contributed by atoms with Crippen LogP contribution in [-0.4, -0.2) is 18.0 Å². The van der Waals surface area contributed by atoms with E-state index in [2.05, 4.69) is 20.8 Å². The molecular weight excluding hydrogens is 257 g/mol. The third-order valence-electron chi connectivity index (χ3n) is 2.84. The van der Waals surface area contributed by atoms with Gasteiger partial charge in [-0.25, -0.2) is 4.39 Å². The van der Waals surface area contributed by atoms with Gasteiger partial charge in [0, 0.05) is 6.54 Å². The van der Waals surface area contributed by atoms with Crippen molar-refractivity contribution >= 4 is 15.9 Å². The molecule has 1 aromatic carbocycles. The molecule has 0 aromatic heterocycles. The first-order chi connectivity index (χ1) is 7.25. The lowest BCUT2D eigenvalue weighted by molar-refractivity contribution is 0.221. The van der Waals surface area contributed by atoms with E-state index in [4.69, 9.17) is 0 Å². The second-order valence-electron chi connectivity index (χ2n) is 4.09. The van der Waals surface area contributed by atoms with E-state index in [-0.39, 0.29) is 5.82 Å². The monoisotopic (exact) mass is 271 g/mol. The normalized spacial score (nSPS) is 18.0. The van der Waals surface area contributed by atoms with Crippen molar-refractivity contribution in [3.8, 4) is 0 Å². The lowest BCUT2D eigenvalue weighted by Gasteiger charge is -2.26. The number of hydrogen-bond acceptors (Lipinski definition) is 1. The molecule has 0 spiro atoms. The quantitative estimate of drug-likeness (QED) is 0.795. The molecule has 0 bridgehead atoms. The van der Waals surface area contributed by atoms with Gasteiger partial charge in [0.15, 0.2) is 0 Å². The van der Waals surface area contributed by atoms with Crippen molar-refractivity contribution < 1.29 is 4.39 Å². The third kappa shape index (κ3) is 3.02. The minimum absolute atomic E-state index is 0.183. The number of halogens is 2. The van der Waals surface area contributed by atoms with Crippen LogP contribution in [0.4, 0.5) is 4.39 Å². The lowest BCUT2D eigenvalue weighted by atomic mass is 10.1. The van der Waals surface area contributed by atoms with Gasteiger partial charge in [-0.15, -0.1) is 0 Å². The molecule has 0 atom stereocenters. The molecule has 0 N–H and O–H groups in total. The lowest BCUT2D eigenvalue weighted by Crippen LogP contribution is -2.29.